The highest BCUT2D eigenvalue weighted by atomic mass is 16.5. The average molecular weight is 493 g/mol. The lowest BCUT2D eigenvalue weighted by molar-refractivity contribution is 0.306. The number of aromatic nitrogens is 1. The van der Waals surface area contributed by atoms with Gasteiger partial charge in [-0.2, -0.15) is 0 Å². The van der Waals surface area contributed by atoms with Gasteiger partial charge in [0.1, 0.15) is 13.2 Å². The molecule has 5 heteroatoms. The molecule has 1 aromatic carbocycles. The standard InChI is InChI=1S/C31H44N2O3/c1-22(2)11-9-13-24(5)17-19-35-29-27-16-15-26(33(7)8)21-28(27)32-31(34)30(29)36-20-18-25(6)14-10-12-23(3)4/h11-12,15-18,21H,9-10,13-14,19-20H2,1-8H3,(H,32,34). The maximum absolute atomic E-state index is 13.0. The van der Waals surface area contributed by atoms with Crippen molar-refractivity contribution in [2.75, 3.05) is 32.2 Å². The van der Waals surface area contributed by atoms with Crippen LogP contribution in [0, 0.1) is 0 Å². The molecule has 0 aliphatic carbocycles. The van der Waals surface area contributed by atoms with E-state index in [1.54, 1.807) is 0 Å². The van der Waals surface area contributed by atoms with Crippen LogP contribution in [0.25, 0.3) is 10.9 Å². The van der Waals surface area contributed by atoms with E-state index in [-0.39, 0.29) is 11.3 Å². The minimum Gasteiger partial charge on any atom is -0.485 e. The zero-order valence-corrected chi connectivity index (χ0v) is 23.5. The fourth-order valence-corrected chi connectivity index (χ4v) is 3.71. The molecule has 0 spiro atoms. The minimum absolute atomic E-state index is 0.226. The van der Waals surface area contributed by atoms with Gasteiger partial charge >= 0.3 is 0 Å². The monoisotopic (exact) mass is 492 g/mol. The van der Waals surface area contributed by atoms with Gasteiger partial charge in [-0.15, -0.1) is 0 Å². The zero-order valence-electron chi connectivity index (χ0n) is 23.5. The molecule has 0 amide bonds. The zero-order chi connectivity index (χ0) is 26.7. The Morgan fingerprint density at radius 2 is 1.33 bits per heavy atom. The molecule has 0 aliphatic heterocycles. The van der Waals surface area contributed by atoms with E-state index >= 15 is 0 Å². The van der Waals surface area contributed by atoms with Crippen LogP contribution in [0.1, 0.15) is 67.2 Å². The molecule has 0 atom stereocenters. The lowest BCUT2D eigenvalue weighted by atomic mass is 10.1. The molecule has 1 heterocycles. The van der Waals surface area contributed by atoms with Crippen LogP contribution in [0.2, 0.25) is 0 Å². The largest absolute Gasteiger partial charge is 0.485 e. The molecule has 2 rings (SSSR count). The number of anilines is 1. The van der Waals surface area contributed by atoms with Crippen molar-refractivity contribution in [3.8, 4) is 11.5 Å². The smallest absolute Gasteiger partial charge is 0.294 e. The first-order valence-corrected chi connectivity index (χ1v) is 12.8. The van der Waals surface area contributed by atoms with Crippen molar-refractivity contribution < 1.29 is 9.47 Å². The second kappa shape index (κ2) is 14.4. The number of nitrogens with zero attached hydrogens (tertiary/aromatic N) is 1. The summed E-state index contributed by atoms with van der Waals surface area (Å²) < 4.78 is 12.2. The topological polar surface area (TPSA) is 54.6 Å². The van der Waals surface area contributed by atoms with Crippen LogP contribution in [0.15, 0.2) is 69.6 Å². The summed E-state index contributed by atoms with van der Waals surface area (Å²) in [4.78, 5) is 18.0. The predicted molar refractivity (Wildman–Crippen MR) is 155 cm³/mol. The Hall–Kier alpha value is -3.21. The fraction of sp³-hybridized carbons (Fsp3) is 0.452. The van der Waals surface area contributed by atoms with Crippen LogP contribution < -0.4 is 19.9 Å². The third-order valence-corrected chi connectivity index (χ3v) is 5.93. The fourth-order valence-electron chi connectivity index (χ4n) is 3.71. The molecule has 1 aromatic heterocycles. The Morgan fingerprint density at radius 3 is 1.83 bits per heavy atom. The van der Waals surface area contributed by atoms with Gasteiger partial charge in [0.25, 0.3) is 5.56 Å². The number of fused-ring (bicyclic) bond motifs is 1. The van der Waals surface area contributed by atoms with Gasteiger partial charge < -0.3 is 19.4 Å². The van der Waals surface area contributed by atoms with E-state index in [1.165, 1.54) is 22.3 Å². The van der Waals surface area contributed by atoms with E-state index in [4.69, 9.17) is 9.47 Å². The molecule has 0 aliphatic rings. The predicted octanol–water partition coefficient (Wildman–Crippen LogP) is 7.74. The van der Waals surface area contributed by atoms with E-state index in [2.05, 4.69) is 64.8 Å². The minimum atomic E-state index is -0.284. The first-order valence-electron chi connectivity index (χ1n) is 12.8. The van der Waals surface area contributed by atoms with Crippen molar-refractivity contribution in [3.63, 3.8) is 0 Å². The van der Waals surface area contributed by atoms with Gasteiger partial charge in [-0.1, -0.05) is 34.4 Å². The summed E-state index contributed by atoms with van der Waals surface area (Å²) in [6.45, 7) is 13.3. The highest BCUT2D eigenvalue weighted by molar-refractivity contribution is 5.89. The number of hydrogen-bond acceptors (Lipinski definition) is 4. The number of benzene rings is 1. The van der Waals surface area contributed by atoms with Gasteiger partial charge in [-0.05, 0) is 97.6 Å². The van der Waals surface area contributed by atoms with Crippen molar-refractivity contribution in [3.05, 3.63) is 75.1 Å². The lowest BCUT2D eigenvalue weighted by Gasteiger charge is -2.16. The van der Waals surface area contributed by atoms with Crippen LogP contribution in [0.3, 0.4) is 0 Å². The molecule has 36 heavy (non-hydrogen) atoms. The van der Waals surface area contributed by atoms with Crippen LogP contribution in [-0.2, 0) is 0 Å². The Kier molecular flexibility index (Phi) is 11.6. The molecular formula is C31H44N2O3. The van der Waals surface area contributed by atoms with Gasteiger partial charge in [0.15, 0.2) is 5.75 Å². The Balaban J connectivity index is 2.29. The molecule has 0 unspecified atom stereocenters. The second-order valence-electron chi connectivity index (χ2n) is 10.1. The number of hydrogen-bond donors (Lipinski definition) is 1. The maximum atomic E-state index is 13.0. The Bertz CT molecular complexity index is 1190. The summed E-state index contributed by atoms with van der Waals surface area (Å²) in [6, 6.07) is 5.96. The van der Waals surface area contributed by atoms with Crippen LogP contribution in [-0.4, -0.2) is 32.3 Å². The number of H-pyrrole nitrogens is 1. The van der Waals surface area contributed by atoms with Crippen molar-refractivity contribution in [1.29, 1.82) is 0 Å². The molecular weight excluding hydrogens is 448 g/mol. The van der Waals surface area contributed by atoms with Gasteiger partial charge in [-0.25, -0.2) is 0 Å². The maximum Gasteiger partial charge on any atom is 0.294 e. The number of aromatic amines is 1. The van der Waals surface area contributed by atoms with E-state index in [0.717, 1.165) is 42.3 Å². The van der Waals surface area contributed by atoms with Crippen molar-refractivity contribution in [2.45, 2.75) is 67.2 Å². The summed E-state index contributed by atoms with van der Waals surface area (Å²) in [7, 11) is 3.95. The molecule has 0 saturated heterocycles. The molecule has 196 valence electrons. The summed E-state index contributed by atoms with van der Waals surface area (Å²) in [5, 5.41) is 0.829. The highest BCUT2D eigenvalue weighted by Gasteiger charge is 2.16. The molecule has 1 N–H and O–H groups in total. The highest BCUT2D eigenvalue weighted by Crippen LogP contribution is 2.33. The average Bonchev–Trinajstić information content (AvgIpc) is 2.79. The number of allylic oxidation sites excluding steroid dienone is 6. The third kappa shape index (κ3) is 9.44. The molecule has 0 fully saturated rings. The van der Waals surface area contributed by atoms with E-state index in [1.807, 2.05) is 43.3 Å². The first-order chi connectivity index (χ1) is 17.1. The quantitative estimate of drug-likeness (QED) is 0.291. The summed E-state index contributed by atoms with van der Waals surface area (Å²) >= 11 is 0. The van der Waals surface area contributed by atoms with Crippen molar-refractivity contribution >= 4 is 16.6 Å². The second-order valence-corrected chi connectivity index (χ2v) is 10.1. The van der Waals surface area contributed by atoms with Gasteiger partial charge in [0, 0.05) is 25.2 Å². The summed E-state index contributed by atoms with van der Waals surface area (Å²) in [5.41, 5.74) is 6.59. The molecule has 0 radical (unpaired) electrons. The van der Waals surface area contributed by atoms with Crippen LogP contribution in [0.5, 0.6) is 11.5 Å². The van der Waals surface area contributed by atoms with Crippen molar-refractivity contribution in [2.24, 2.45) is 0 Å². The van der Waals surface area contributed by atoms with E-state index < -0.39 is 0 Å². The SMILES string of the molecule is CC(C)=CCCC(C)=CCOc1c(OCC=C(C)CCC=C(C)C)c2ccc(N(C)C)cc2[nH]c1=O. The van der Waals surface area contributed by atoms with Gasteiger partial charge in [0.05, 0.1) is 5.52 Å². The van der Waals surface area contributed by atoms with Crippen LogP contribution >= 0.6 is 0 Å². The molecule has 5 nitrogen and oxygen atoms in total. The molecule has 0 saturated carbocycles. The van der Waals surface area contributed by atoms with Gasteiger partial charge in [0.2, 0.25) is 5.75 Å². The number of rotatable bonds is 13. The van der Waals surface area contributed by atoms with Gasteiger partial charge in [-0.3, -0.25) is 4.79 Å². The Morgan fingerprint density at radius 1 is 0.806 bits per heavy atom. The lowest BCUT2D eigenvalue weighted by Crippen LogP contribution is -2.15. The third-order valence-electron chi connectivity index (χ3n) is 5.93. The van der Waals surface area contributed by atoms with E-state index in [9.17, 15) is 4.79 Å². The molecule has 0 bridgehead atoms. The summed E-state index contributed by atoms with van der Waals surface area (Å²) in [5.74, 6) is 0.715. The van der Waals surface area contributed by atoms with Crippen molar-refractivity contribution in [1.82, 2.24) is 4.98 Å². The normalized spacial score (nSPS) is 11.9. The Labute approximate surface area is 217 Å². The number of nitrogens with one attached hydrogen (secondary N) is 1. The van der Waals surface area contributed by atoms with Crippen LogP contribution in [0.4, 0.5) is 5.69 Å². The first kappa shape index (κ1) is 29.0. The summed E-state index contributed by atoms with van der Waals surface area (Å²) in [6.07, 6.45) is 12.6. The molecule has 2 aromatic rings. The van der Waals surface area contributed by atoms with E-state index in [0.29, 0.717) is 19.0 Å². The number of ether oxygens (including phenoxy) is 2. The number of pyridine rings is 1.